The molecule has 1 aliphatic heterocycles. The van der Waals surface area contributed by atoms with E-state index in [4.69, 9.17) is 4.74 Å². The number of hydrogen-bond acceptors (Lipinski definition) is 2. The Kier molecular flexibility index (Phi) is 3.94. The second kappa shape index (κ2) is 5.45. The third-order valence-electron chi connectivity index (χ3n) is 3.02. The summed E-state index contributed by atoms with van der Waals surface area (Å²) in [5, 5.41) is 0. The van der Waals surface area contributed by atoms with Crippen LogP contribution in [0.1, 0.15) is 13.3 Å². The Labute approximate surface area is 100 Å². The van der Waals surface area contributed by atoms with Crippen LogP contribution in [0, 0.1) is 17.6 Å². The first-order chi connectivity index (χ1) is 8.13. The Bertz CT molecular complexity index is 363. The number of ether oxygens (including phenoxy) is 1. The minimum Gasteiger partial charge on any atom is -0.492 e. The minimum atomic E-state index is -0.602. The molecule has 1 aromatic rings. The molecule has 1 aliphatic rings. The molecule has 0 aromatic heterocycles. The summed E-state index contributed by atoms with van der Waals surface area (Å²) in [6.07, 6.45) is 1.22. The van der Waals surface area contributed by atoms with E-state index < -0.39 is 11.6 Å². The fourth-order valence-electron chi connectivity index (χ4n) is 2.13. The molecule has 0 bridgehead atoms. The van der Waals surface area contributed by atoms with Crippen molar-refractivity contribution >= 4 is 0 Å². The number of hydrogen-bond donors (Lipinski definition) is 0. The van der Waals surface area contributed by atoms with Crippen LogP contribution in [0.25, 0.3) is 0 Å². The topological polar surface area (TPSA) is 12.5 Å². The van der Waals surface area contributed by atoms with Gasteiger partial charge in [0.25, 0.3) is 0 Å². The van der Waals surface area contributed by atoms with Crippen molar-refractivity contribution in [3.63, 3.8) is 0 Å². The van der Waals surface area contributed by atoms with Gasteiger partial charge in [-0.05, 0) is 18.9 Å². The van der Waals surface area contributed by atoms with Crippen LogP contribution in [0.4, 0.5) is 8.78 Å². The largest absolute Gasteiger partial charge is 0.492 e. The Morgan fingerprint density at radius 3 is 2.59 bits per heavy atom. The Balaban J connectivity index is 1.78. The maximum atomic E-state index is 12.9. The second-order valence-corrected chi connectivity index (χ2v) is 4.65. The van der Waals surface area contributed by atoms with Gasteiger partial charge in [-0.1, -0.05) is 6.92 Å². The molecule has 0 spiro atoms. The SMILES string of the molecule is C[C@H]1CCN(CCOc2cc(F)cc(F)c2)C1. The van der Waals surface area contributed by atoms with Crippen LogP contribution in [0.15, 0.2) is 18.2 Å². The molecule has 0 radical (unpaired) electrons. The smallest absolute Gasteiger partial charge is 0.129 e. The van der Waals surface area contributed by atoms with Crippen molar-refractivity contribution < 1.29 is 13.5 Å². The van der Waals surface area contributed by atoms with Crippen LogP contribution in [-0.2, 0) is 0 Å². The lowest BCUT2D eigenvalue weighted by Gasteiger charge is -2.15. The van der Waals surface area contributed by atoms with E-state index in [-0.39, 0.29) is 5.75 Å². The normalized spacial score (nSPS) is 20.8. The predicted molar refractivity (Wildman–Crippen MR) is 62.1 cm³/mol. The highest BCUT2D eigenvalue weighted by atomic mass is 19.1. The first-order valence-electron chi connectivity index (χ1n) is 5.95. The summed E-state index contributed by atoms with van der Waals surface area (Å²) in [6, 6.07) is 3.25. The van der Waals surface area contributed by atoms with E-state index in [9.17, 15) is 8.78 Å². The van der Waals surface area contributed by atoms with Crippen LogP contribution in [0.5, 0.6) is 5.75 Å². The van der Waals surface area contributed by atoms with Crippen LogP contribution in [-0.4, -0.2) is 31.1 Å². The summed E-state index contributed by atoms with van der Waals surface area (Å²) in [7, 11) is 0. The maximum absolute atomic E-state index is 12.9. The van der Waals surface area contributed by atoms with Crippen molar-refractivity contribution in [2.24, 2.45) is 5.92 Å². The number of rotatable bonds is 4. The zero-order valence-corrected chi connectivity index (χ0v) is 9.96. The zero-order valence-electron chi connectivity index (χ0n) is 9.96. The van der Waals surface area contributed by atoms with Gasteiger partial charge in [0.2, 0.25) is 0 Å². The van der Waals surface area contributed by atoms with Gasteiger partial charge in [0.1, 0.15) is 24.0 Å². The summed E-state index contributed by atoms with van der Waals surface area (Å²) in [5.41, 5.74) is 0. The van der Waals surface area contributed by atoms with Gasteiger partial charge >= 0.3 is 0 Å². The van der Waals surface area contributed by atoms with Gasteiger partial charge in [-0.3, -0.25) is 4.90 Å². The van der Waals surface area contributed by atoms with Gasteiger partial charge < -0.3 is 4.74 Å². The molecule has 1 aromatic carbocycles. The monoisotopic (exact) mass is 241 g/mol. The molecule has 0 saturated carbocycles. The molecule has 1 saturated heterocycles. The zero-order chi connectivity index (χ0) is 12.3. The lowest BCUT2D eigenvalue weighted by molar-refractivity contribution is 0.232. The van der Waals surface area contributed by atoms with Crippen LogP contribution >= 0.6 is 0 Å². The summed E-state index contributed by atoms with van der Waals surface area (Å²) in [6.45, 7) is 5.67. The maximum Gasteiger partial charge on any atom is 0.129 e. The molecule has 94 valence electrons. The van der Waals surface area contributed by atoms with Crippen molar-refractivity contribution in [3.05, 3.63) is 29.8 Å². The van der Waals surface area contributed by atoms with Gasteiger partial charge in [-0.15, -0.1) is 0 Å². The van der Waals surface area contributed by atoms with Gasteiger partial charge in [0.15, 0.2) is 0 Å². The van der Waals surface area contributed by atoms with E-state index in [0.717, 1.165) is 31.6 Å². The first kappa shape index (κ1) is 12.3. The average molecular weight is 241 g/mol. The lowest BCUT2D eigenvalue weighted by Crippen LogP contribution is -2.25. The van der Waals surface area contributed by atoms with Crippen molar-refractivity contribution in [1.29, 1.82) is 0 Å². The molecule has 0 N–H and O–H groups in total. The molecule has 2 rings (SSSR count). The Morgan fingerprint density at radius 1 is 1.29 bits per heavy atom. The number of likely N-dealkylation sites (tertiary alicyclic amines) is 1. The van der Waals surface area contributed by atoms with E-state index in [0.29, 0.717) is 6.61 Å². The Hall–Kier alpha value is -1.16. The van der Waals surface area contributed by atoms with Gasteiger partial charge in [-0.2, -0.15) is 0 Å². The molecular formula is C13H17F2NO. The fraction of sp³-hybridized carbons (Fsp3) is 0.538. The standard InChI is InChI=1S/C13H17F2NO/c1-10-2-3-16(9-10)4-5-17-13-7-11(14)6-12(15)8-13/h6-8,10H,2-5,9H2,1H3/t10-/m0/s1. The summed E-state index contributed by atoms with van der Waals surface area (Å²) >= 11 is 0. The molecule has 1 atom stereocenters. The van der Waals surface area contributed by atoms with Crippen LogP contribution in [0.3, 0.4) is 0 Å². The van der Waals surface area contributed by atoms with E-state index in [2.05, 4.69) is 11.8 Å². The van der Waals surface area contributed by atoms with Crippen LogP contribution < -0.4 is 4.74 Å². The Morgan fingerprint density at radius 2 is 2.00 bits per heavy atom. The second-order valence-electron chi connectivity index (χ2n) is 4.65. The highest BCUT2D eigenvalue weighted by molar-refractivity contribution is 5.23. The van der Waals surface area contributed by atoms with Gasteiger partial charge in [0, 0.05) is 31.3 Å². The third-order valence-corrected chi connectivity index (χ3v) is 3.02. The molecule has 4 heteroatoms. The summed E-state index contributed by atoms with van der Waals surface area (Å²) in [5.74, 6) is -0.207. The van der Waals surface area contributed by atoms with E-state index in [1.165, 1.54) is 18.6 Å². The number of halogens is 2. The predicted octanol–water partition coefficient (Wildman–Crippen LogP) is 2.69. The number of nitrogens with zero attached hydrogens (tertiary/aromatic N) is 1. The van der Waals surface area contributed by atoms with E-state index in [1.807, 2.05) is 0 Å². The lowest BCUT2D eigenvalue weighted by atomic mass is 10.2. The van der Waals surface area contributed by atoms with Crippen molar-refractivity contribution in [2.75, 3.05) is 26.2 Å². The van der Waals surface area contributed by atoms with E-state index >= 15 is 0 Å². The summed E-state index contributed by atoms with van der Waals surface area (Å²) < 4.78 is 31.1. The minimum absolute atomic E-state index is 0.259. The molecule has 0 unspecified atom stereocenters. The summed E-state index contributed by atoms with van der Waals surface area (Å²) in [4.78, 5) is 2.31. The van der Waals surface area contributed by atoms with Gasteiger partial charge in [0.05, 0.1) is 0 Å². The van der Waals surface area contributed by atoms with Crippen molar-refractivity contribution in [1.82, 2.24) is 4.90 Å². The first-order valence-corrected chi connectivity index (χ1v) is 5.95. The highest BCUT2D eigenvalue weighted by Crippen LogP contribution is 2.17. The average Bonchev–Trinajstić information content (AvgIpc) is 2.63. The molecular weight excluding hydrogens is 224 g/mol. The molecule has 0 aliphatic carbocycles. The van der Waals surface area contributed by atoms with Crippen LogP contribution in [0.2, 0.25) is 0 Å². The van der Waals surface area contributed by atoms with E-state index in [1.54, 1.807) is 0 Å². The molecule has 17 heavy (non-hydrogen) atoms. The van der Waals surface area contributed by atoms with Crippen molar-refractivity contribution in [2.45, 2.75) is 13.3 Å². The third kappa shape index (κ3) is 3.66. The number of benzene rings is 1. The highest BCUT2D eigenvalue weighted by Gasteiger charge is 2.17. The molecule has 2 nitrogen and oxygen atoms in total. The quantitative estimate of drug-likeness (QED) is 0.803. The van der Waals surface area contributed by atoms with Gasteiger partial charge in [-0.25, -0.2) is 8.78 Å². The molecule has 0 amide bonds. The fourth-order valence-corrected chi connectivity index (χ4v) is 2.13. The molecule has 1 fully saturated rings. The molecule has 1 heterocycles. The van der Waals surface area contributed by atoms with Crippen molar-refractivity contribution in [3.8, 4) is 5.75 Å².